The number of rotatable bonds is 8. The molecule has 0 aliphatic heterocycles. The number of hydrogen-bond acceptors (Lipinski definition) is 9. The van der Waals surface area contributed by atoms with E-state index < -0.39 is 28.9 Å². The van der Waals surface area contributed by atoms with Crippen LogP contribution in [-0.4, -0.2) is 37.5 Å². The summed E-state index contributed by atoms with van der Waals surface area (Å²) in [5, 5.41) is 18.3. The van der Waals surface area contributed by atoms with Crippen molar-refractivity contribution < 1.29 is 23.1 Å². The lowest BCUT2D eigenvalue weighted by Gasteiger charge is -2.12. The number of carbonyl (C=O) groups is 1. The van der Waals surface area contributed by atoms with Crippen LogP contribution in [0.3, 0.4) is 0 Å². The molecule has 0 saturated heterocycles. The Bertz CT molecular complexity index is 1100. The van der Waals surface area contributed by atoms with Crippen molar-refractivity contribution in [2.75, 3.05) is 17.2 Å². The van der Waals surface area contributed by atoms with Crippen LogP contribution in [0.2, 0.25) is 5.02 Å². The van der Waals surface area contributed by atoms with Gasteiger partial charge in [-0.3, -0.25) is 10.1 Å². The zero-order chi connectivity index (χ0) is 23.3. The van der Waals surface area contributed by atoms with Crippen LogP contribution < -0.4 is 16.0 Å². The number of aromatic nitrogens is 4. The molecular formula is C18H17ClF3N7O2S. The molecule has 1 unspecified atom stereocenters. The van der Waals surface area contributed by atoms with Gasteiger partial charge in [-0.05, 0) is 13.0 Å². The summed E-state index contributed by atoms with van der Waals surface area (Å²) >= 11 is 6.53. The third kappa shape index (κ3) is 6.09. The van der Waals surface area contributed by atoms with Gasteiger partial charge in [0, 0.05) is 18.8 Å². The molecular weight excluding hydrogens is 471 g/mol. The van der Waals surface area contributed by atoms with Crippen molar-refractivity contribution in [1.82, 2.24) is 25.3 Å². The minimum atomic E-state index is -4.68. The van der Waals surface area contributed by atoms with Gasteiger partial charge in [-0.1, -0.05) is 11.6 Å². The Hall–Kier alpha value is -2.87. The van der Waals surface area contributed by atoms with Crippen LogP contribution in [-0.2, 0) is 12.7 Å². The Balaban J connectivity index is 1.61. The van der Waals surface area contributed by atoms with Crippen LogP contribution in [0.15, 0.2) is 30.9 Å². The number of hydrogen-bond donors (Lipinski definition) is 4. The Kier molecular flexibility index (Phi) is 7.56. The number of aliphatic hydroxyl groups excluding tert-OH is 1. The largest absolute Gasteiger partial charge is 0.418 e. The molecule has 0 bridgehead atoms. The summed E-state index contributed by atoms with van der Waals surface area (Å²) < 4.78 is 38.9. The average molecular weight is 488 g/mol. The van der Waals surface area contributed by atoms with Gasteiger partial charge in [0.1, 0.15) is 34.1 Å². The summed E-state index contributed by atoms with van der Waals surface area (Å²) in [5.41, 5.74) is -0.755. The highest BCUT2D eigenvalue weighted by atomic mass is 35.5. The SMILES string of the molecule is CCNc1cc(C(O)NCc2ncc(C(=O)Nc3cc(C(F)(F)F)c(Cl)cn3)s2)ncn1. The molecule has 1 amide bonds. The first kappa shape index (κ1) is 23.8. The molecule has 0 aliphatic carbocycles. The lowest BCUT2D eigenvalue weighted by atomic mass is 10.2. The fourth-order valence-electron chi connectivity index (χ4n) is 2.49. The molecule has 0 radical (unpaired) electrons. The molecule has 3 rings (SSSR count). The number of nitrogens with one attached hydrogen (secondary N) is 3. The van der Waals surface area contributed by atoms with Crippen LogP contribution in [0.4, 0.5) is 24.8 Å². The fraction of sp³-hybridized carbons (Fsp3) is 0.278. The van der Waals surface area contributed by atoms with E-state index in [0.29, 0.717) is 29.1 Å². The number of halogens is 4. The highest BCUT2D eigenvalue weighted by Crippen LogP contribution is 2.35. The third-order valence-corrected chi connectivity index (χ3v) is 5.25. The van der Waals surface area contributed by atoms with Crippen molar-refractivity contribution in [3.8, 4) is 0 Å². The van der Waals surface area contributed by atoms with Crippen molar-refractivity contribution >= 4 is 40.5 Å². The molecule has 32 heavy (non-hydrogen) atoms. The Morgan fingerprint density at radius 1 is 1.19 bits per heavy atom. The molecule has 14 heteroatoms. The van der Waals surface area contributed by atoms with E-state index in [2.05, 4.69) is 35.9 Å². The number of nitrogens with zero attached hydrogens (tertiary/aromatic N) is 4. The van der Waals surface area contributed by atoms with Crippen molar-refractivity contribution in [1.29, 1.82) is 0 Å². The maximum absolute atomic E-state index is 13.0. The predicted molar refractivity (Wildman–Crippen MR) is 112 cm³/mol. The van der Waals surface area contributed by atoms with E-state index in [1.807, 2.05) is 6.92 Å². The summed E-state index contributed by atoms with van der Waals surface area (Å²) in [6.07, 6.45) is -2.37. The zero-order valence-electron chi connectivity index (χ0n) is 16.4. The first-order valence-corrected chi connectivity index (χ1v) is 10.3. The first-order chi connectivity index (χ1) is 15.2. The number of thiazole rings is 1. The summed E-state index contributed by atoms with van der Waals surface area (Å²) in [6, 6.07) is 2.25. The van der Waals surface area contributed by atoms with Crippen LogP contribution in [0, 0.1) is 0 Å². The van der Waals surface area contributed by atoms with Gasteiger partial charge in [-0.25, -0.2) is 19.9 Å². The van der Waals surface area contributed by atoms with Gasteiger partial charge in [0.05, 0.1) is 29.0 Å². The van der Waals surface area contributed by atoms with Gasteiger partial charge in [-0.15, -0.1) is 11.3 Å². The van der Waals surface area contributed by atoms with Gasteiger partial charge >= 0.3 is 6.18 Å². The standard InChI is InChI=1S/C18H17ClF3N7O2S/c1-2-23-13-4-11(27-8-28-13)16(30)26-7-15-25-6-12(32-15)17(31)29-14-3-9(18(20,21)22)10(19)5-24-14/h3-6,8,16,26,30H,2,7H2,1H3,(H,23,27,28)(H,24,29,31). The molecule has 3 heterocycles. The van der Waals surface area contributed by atoms with E-state index in [0.717, 1.165) is 17.5 Å². The zero-order valence-corrected chi connectivity index (χ0v) is 18.0. The third-order valence-electron chi connectivity index (χ3n) is 3.95. The number of carbonyl (C=O) groups excluding carboxylic acids is 1. The number of pyridine rings is 1. The predicted octanol–water partition coefficient (Wildman–Crippen LogP) is 3.47. The molecule has 0 aromatic carbocycles. The summed E-state index contributed by atoms with van der Waals surface area (Å²) in [7, 11) is 0. The van der Waals surface area contributed by atoms with Crippen molar-refractivity contribution in [2.45, 2.75) is 25.9 Å². The maximum atomic E-state index is 13.0. The molecule has 3 aromatic rings. The van der Waals surface area contributed by atoms with E-state index in [4.69, 9.17) is 11.6 Å². The Morgan fingerprint density at radius 3 is 2.69 bits per heavy atom. The fourth-order valence-corrected chi connectivity index (χ4v) is 3.46. The monoisotopic (exact) mass is 487 g/mol. The quantitative estimate of drug-likeness (QED) is 0.356. The number of amides is 1. The highest BCUT2D eigenvalue weighted by molar-refractivity contribution is 7.13. The van der Waals surface area contributed by atoms with Crippen molar-refractivity contribution in [2.24, 2.45) is 0 Å². The molecule has 0 aliphatic rings. The summed E-state index contributed by atoms with van der Waals surface area (Å²) in [4.78, 5) is 28.3. The van der Waals surface area contributed by atoms with Crippen LogP contribution in [0.5, 0.6) is 0 Å². The van der Waals surface area contributed by atoms with Gasteiger partial charge in [0.15, 0.2) is 0 Å². The van der Waals surface area contributed by atoms with E-state index >= 15 is 0 Å². The van der Waals surface area contributed by atoms with Crippen LogP contribution in [0.1, 0.15) is 39.1 Å². The molecule has 3 aromatic heterocycles. The lowest BCUT2D eigenvalue weighted by molar-refractivity contribution is -0.137. The number of aliphatic hydroxyl groups is 1. The molecule has 4 N–H and O–H groups in total. The molecule has 0 saturated carbocycles. The van der Waals surface area contributed by atoms with E-state index in [1.165, 1.54) is 12.5 Å². The molecule has 9 nitrogen and oxygen atoms in total. The summed E-state index contributed by atoms with van der Waals surface area (Å²) in [5.74, 6) is -0.408. The molecule has 170 valence electrons. The van der Waals surface area contributed by atoms with Gasteiger partial charge in [-0.2, -0.15) is 13.2 Å². The molecule has 0 spiro atoms. The van der Waals surface area contributed by atoms with Crippen LogP contribution >= 0.6 is 22.9 Å². The van der Waals surface area contributed by atoms with Crippen LogP contribution in [0.25, 0.3) is 0 Å². The van der Waals surface area contributed by atoms with E-state index in [1.54, 1.807) is 6.07 Å². The lowest BCUT2D eigenvalue weighted by Crippen LogP contribution is -2.21. The second-order valence-corrected chi connectivity index (χ2v) is 7.78. The Morgan fingerprint density at radius 2 is 1.97 bits per heavy atom. The van der Waals surface area contributed by atoms with Gasteiger partial charge in [0.25, 0.3) is 5.91 Å². The second kappa shape index (κ2) is 10.2. The number of anilines is 2. The molecule has 1 atom stereocenters. The van der Waals surface area contributed by atoms with Gasteiger partial charge < -0.3 is 15.7 Å². The van der Waals surface area contributed by atoms with E-state index in [-0.39, 0.29) is 17.2 Å². The Labute approximate surface area is 189 Å². The minimum Gasteiger partial charge on any atom is -0.373 e. The highest BCUT2D eigenvalue weighted by Gasteiger charge is 2.34. The van der Waals surface area contributed by atoms with Crippen molar-refractivity contribution in [3.63, 3.8) is 0 Å². The minimum absolute atomic E-state index is 0.122. The van der Waals surface area contributed by atoms with Gasteiger partial charge in [0.2, 0.25) is 0 Å². The smallest absolute Gasteiger partial charge is 0.373 e. The number of alkyl halides is 3. The average Bonchev–Trinajstić information content (AvgIpc) is 3.22. The van der Waals surface area contributed by atoms with E-state index in [9.17, 15) is 23.1 Å². The first-order valence-electron chi connectivity index (χ1n) is 9.13. The topological polar surface area (TPSA) is 125 Å². The normalized spacial score (nSPS) is 12.4. The maximum Gasteiger partial charge on any atom is 0.418 e. The summed E-state index contributed by atoms with van der Waals surface area (Å²) in [6.45, 7) is 2.69. The molecule has 0 fully saturated rings. The second-order valence-electron chi connectivity index (χ2n) is 6.26. The van der Waals surface area contributed by atoms with Crippen molar-refractivity contribution in [3.05, 3.63) is 57.0 Å².